The van der Waals surface area contributed by atoms with Gasteiger partial charge in [0, 0.05) is 12.1 Å². The van der Waals surface area contributed by atoms with E-state index >= 15 is 0 Å². The maximum atomic E-state index is 12.1. The molecule has 0 amide bonds. The molecule has 0 spiro atoms. The van der Waals surface area contributed by atoms with Gasteiger partial charge in [-0.25, -0.2) is 0 Å². The SMILES string of the molecule is CCn1c(-c2cccc(OC(C)C)c2)ccc(N)c1=O. The van der Waals surface area contributed by atoms with E-state index in [-0.39, 0.29) is 17.4 Å². The number of nitrogens with zero attached hydrogens (tertiary/aromatic N) is 1. The Balaban J connectivity index is 2.52. The lowest BCUT2D eigenvalue weighted by Crippen LogP contribution is -2.23. The lowest BCUT2D eigenvalue weighted by atomic mass is 10.1. The molecule has 0 radical (unpaired) electrons. The molecule has 0 aliphatic heterocycles. The van der Waals surface area contributed by atoms with Crippen LogP contribution in [0.5, 0.6) is 5.75 Å². The summed E-state index contributed by atoms with van der Waals surface area (Å²) in [7, 11) is 0. The fourth-order valence-electron chi connectivity index (χ4n) is 2.16. The van der Waals surface area contributed by atoms with Crippen molar-refractivity contribution in [3.8, 4) is 17.0 Å². The number of anilines is 1. The molecule has 2 aromatic rings. The number of nitrogens with two attached hydrogens (primary N) is 1. The summed E-state index contributed by atoms with van der Waals surface area (Å²) in [4.78, 5) is 12.1. The smallest absolute Gasteiger partial charge is 0.274 e. The second-order valence-corrected chi connectivity index (χ2v) is 4.92. The van der Waals surface area contributed by atoms with E-state index in [0.717, 1.165) is 17.0 Å². The Hall–Kier alpha value is -2.23. The average Bonchev–Trinajstić information content (AvgIpc) is 2.41. The van der Waals surface area contributed by atoms with E-state index in [1.807, 2.05) is 51.1 Å². The quantitative estimate of drug-likeness (QED) is 0.931. The summed E-state index contributed by atoms with van der Waals surface area (Å²) in [6, 6.07) is 11.3. The second kappa shape index (κ2) is 5.82. The van der Waals surface area contributed by atoms with Crippen LogP contribution in [0.15, 0.2) is 41.2 Å². The Kier molecular flexibility index (Phi) is 4.13. The Morgan fingerprint density at radius 3 is 2.65 bits per heavy atom. The minimum atomic E-state index is -0.153. The molecule has 0 atom stereocenters. The van der Waals surface area contributed by atoms with Gasteiger partial charge in [-0.2, -0.15) is 0 Å². The minimum Gasteiger partial charge on any atom is -0.491 e. The van der Waals surface area contributed by atoms with E-state index in [9.17, 15) is 4.79 Å². The van der Waals surface area contributed by atoms with Crippen LogP contribution >= 0.6 is 0 Å². The van der Waals surface area contributed by atoms with Crippen molar-refractivity contribution in [2.24, 2.45) is 0 Å². The fraction of sp³-hybridized carbons (Fsp3) is 0.312. The number of nitrogen functional groups attached to an aromatic ring is 1. The zero-order valence-corrected chi connectivity index (χ0v) is 12.1. The number of hydrogen-bond donors (Lipinski definition) is 1. The summed E-state index contributed by atoms with van der Waals surface area (Å²) < 4.78 is 7.36. The largest absolute Gasteiger partial charge is 0.491 e. The first-order valence-electron chi connectivity index (χ1n) is 6.79. The molecule has 1 aromatic heterocycles. The number of benzene rings is 1. The van der Waals surface area contributed by atoms with Gasteiger partial charge in [0.25, 0.3) is 5.56 Å². The molecule has 2 N–H and O–H groups in total. The highest BCUT2D eigenvalue weighted by atomic mass is 16.5. The van der Waals surface area contributed by atoms with Crippen LogP contribution in [0.2, 0.25) is 0 Å². The van der Waals surface area contributed by atoms with Crippen LogP contribution in [0.3, 0.4) is 0 Å². The molecular formula is C16H20N2O2. The van der Waals surface area contributed by atoms with Crippen LogP contribution in [-0.2, 0) is 6.54 Å². The number of pyridine rings is 1. The Labute approximate surface area is 118 Å². The molecule has 0 bridgehead atoms. The fourth-order valence-corrected chi connectivity index (χ4v) is 2.16. The van der Waals surface area contributed by atoms with E-state index in [4.69, 9.17) is 10.5 Å². The normalized spacial score (nSPS) is 10.8. The van der Waals surface area contributed by atoms with Gasteiger partial charge in [0.2, 0.25) is 0 Å². The first kappa shape index (κ1) is 14.2. The van der Waals surface area contributed by atoms with Gasteiger partial charge in [0.1, 0.15) is 5.75 Å². The zero-order chi connectivity index (χ0) is 14.7. The van der Waals surface area contributed by atoms with Crippen LogP contribution in [0, 0.1) is 0 Å². The summed E-state index contributed by atoms with van der Waals surface area (Å²) in [5.74, 6) is 0.796. The van der Waals surface area contributed by atoms with Gasteiger partial charge in [-0.3, -0.25) is 4.79 Å². The maximum absolute atomic E-state index is 12.1. The summed E-state index contributed by atoms with van der Waals surface area (Å²) in [6.07, 6.45) is 0.116. The van der Waals surface area contributed by atoms with Crippen molar-refractivity contribution >= 4 is 5.69 Å². The summed E-state index contributed by atoms with van der Waals surface area (Å²) in [6.45, 7) is 6.48. The molecule has 106 valence electrons. The van der Waals surface area contributed by atoms with Crippen molar-refractivity contribution in [1.29, 1.82) is 0 Å². The molecule has 2 rings (SSSR count). The summed E-state index contributed by atoms with van der Waals surface area (Å²) in [5, 5.41) is 0. The van der Waals surface area contributed by atoms with E-state index in [2.05, 4.69) is 0 Å². The zero-order valence-electron chi connectivity index (χ0n) is 12.1. The molecule has 0 unspecified atom stereocenters. The molecule has 4 nitrogen and oxygen atoms in total. The van der Waals surface area contributed by atoms with Crippen LogP contribution in [0.25, 0.3) is 11.3 Å². The van der Waals surface area contributed by atoms with Gasteiger partial charge in [0.05, 0.1) is 17.5 Å². The van der Waals surface area contributed by atoms with Gasteiger partial charge in [-0.05, 0) is 45.0 Å². The van der Waals surface area contributed by atoms with Crippen molar-refractivity contribution in [1.82, 2.24) is 4.57 Å². The van der Waals surface area contributed by atoms with Crippen molar-refractivity contribution in [2.75, 3.05) is 5.73 Å². The topological polar surface area (TPSA) is 57.2 Å². The third-order valence-corrected chi connectivity index (χ3v) is 3.02. The van der Waals surface area contributed by atoms with E-state index in [0.29, 0.717) is 6.54 Å². The van der Waals surface area contributed by atoms with Crippen LogP contribution in [-0.4, -0.2) is 10.7 Å². The van der Waals surface area contributed by atoms with Gasteiger partial charge < -0.3 is 15.0 Å². The molecule has 1 aromatic carbocycles. The highest BCUT2D eigenvalue weighted by molar-refractivity contribution is 5.63. The van der Waals surface area contributed by atoms with E-state index in [1.54, 1.807) is 10.6 Å². The second-order valence-electron chi connectivity index (χ2n) is 4.92. The standard InChI is InChI=1S/C16H20N2O2/c1-4-18-15(9-8-14(17)16(18)19)12-6-5-7-13(10-12)20-11(2)3/h5-11H,4,17H2,1-3H3. The first-order valence-corrected chi connectivity index (χ1v) is 6.79. The van der Waals surface area contributed by atoms with E-state index < -0.39 is 0 Å². The van der Waals surface area contributed by atoms with Crippen LogP contribution in [0.1, 0.15) is 20.8 Å². The minimum absolute atomic E-state index is 0.116. The Morgan fingerprint density at radius 2 is 2.00 bits per heavy atom. The predicted octanol–water partition coefficient (Wildman–Crippen LogP) is 2.90. The third kappa shape index (κ3) is 2.85. The predicted molar refractivity (Wildman–Crippen MR) is 82.0 cm³/mol. The maximum Gasteiger partial charge on any atom is 0.274 e. The van der Waals surface area contributed by atoms with Gasteiger partial charge in [-0.15, -0.1) is 0 Å². The van der Waals surface area contributed by atoms with Crippen molar-refractivity contribution in [2.45, 2.75) is 33.4 Å². The van der Waals surface area contributed by atoms with Crippen molar-refractivity contribution in [3.05, 3.63) is 46.8 Å². The first-order chi connectivity index (χ1) is 9.52. The lowest BCUT2D eigenvalue weighted by Gasteiger charge is -2.14. The number of rotatable bonds is 4. The highest BCUT2D eigenvalue weighted by Gasteiger charge is 2.08. The summed E-state index contributed by atoms with van der Waals surface area (Å²) >= 11 is 0. The molecule has 1 heterocycles. The number of aromatic nitrogens is 1. The van der Waals surface area contributed by atoms with Gasteiger partial charge in [0.15, 0.2) is 0 Å². The molecule has 20 heavy (non-hydrogen) atoms. The van der Waals surface area contributed by atoms with Crippen molar-refractivity contribution < 1.29 is 4.74 Å². The molecule has 0 saturated carbocycles. The van der Waals surface area contributed by atoms with Crippen LogP contribution < -0.4 is 16.0 Å². The average molecular weight is 272 g/mol. The van der Waals surface area contributed by atoms with Gasteiger partial charge >= 0.3 is 0 Å². The monoisotopic (exact) mass is 272 g/mol. The molecule has 0 aliphatic carbocycles. The Bertz CT molecular complexity index is 660. The molecule has 4 heteroatoms. The van der Waals surface area contributed by atoms with Gasteiger partial charge in [-0.1, -0.05) is 12.1 Å². The van der Waals surface area contributed by atoms with E-state index in [1.165, 1.54) is 0 Å². The number of ether oxygens (including phenoxy) is 1. The number of hydrogen-bond acceptors (Lipinski definition) is 3. The highest BCUT2D eigenvalue weighted by Crippen LogP contribution is 2.24. The molecule has 0 saturated heterocycles. The third-order valence-electron chi connectivity index (χ3n) is 3.02. The van der Waals surface area contributed by atoms with Crippen molar-refractivity contribution in [3.63, 3.8) is 0 Å². The Morgan fingerprint density at radius 1 is 1.25 bits per heavy atom. The summed E-state index contributed by atoms with van der Waals surface area (Å²) in [5.41, 5.74) is 7.59. The van der Waals surface area contributed by atoms with Crippen LogP contribution in [0.4, 0.5) is 5.69 Å². The molecular weight excluding hydrogens is 252 g/mol. The molecule has 0 aliphatic rings. The molecule has 0 fully saturated rings. The lowest BCUT2D eigenvalue weighted by molar-refractivity contribution is 0.242.